The van der Waals surface area contributed by atoms with Gasteiger partial charge >= 0.3 is 18.0 Å². The van der Waals surface area contributed by atoms with E-state index in [1.54, 1.807) is 43.5 Å². The monoisotopic (exact) mass is 391 g/mol. The van der Waals surface area contributed by atoms with Crippen LogP contribution in [0.15, 0.2) is 29.6 Å². The summed E-state index contributed by atoms with van der Waals surface area (Å²) in [5.74, 6) is -1.29. The maximum Gasteiger partial charge on any atom is 0.325 e. The average molecular weight is 391 g/mol. The van der Waals surface area contributed by atoms with Crippen molar-refractivity contribution >= 4 is 40.1 Å². The van der Waals surface area contributed by atoms with Crippen molar-refractivity contribution in [3.05, 3.63) is 40.9 Å². The van der Waals surface area contributed by atoms with Crippen LogP contribution in [0.25, 0.3) is 0 Å². The summed E-state index contributed by atoms with van der Waals surface area (Å²) in [7, 11) is 1.31. The Bertz CT molecular complexity index is 847. The quantitative estimate of drug-likeness (QED) is 0.624. The Morgan fingerprint density at radius 2 is 2.00 bits per heavy atom. The van der Waals surface area contributed by atoms with Crippen molar-refractivity contribution < 1.29 is 24.2 Å². The second-order valence-corrected chi connectivity index (χ2v) is 7.19. The zero-order valence-corrected chi connectivity index (χ0v) is 16.1. The lowest BCUT2D eigenvalue weighted by Crippen LogP contribution is -2.30. The first-order valence-electron chi connectivity index (χ1n) is 8.15. The number of carbonyl (C=O) groups excluding carboxylic acids is 2. The van der Waals surface area contributed by atoms with Gasteiger partial charge in [-0.3, -0.25) is 14.9 Å². The molecular weight excluding hydrogens is 370 g/mol. The number of carboxylic acid groups (broad SMARTS) is 1. The molecule has 0 saturated carbocycles. The van der Waals surface area contributed by atoms with Crippen molar-refractivity contribution in [2.75, 3.05) is 17.7 Å². The second kappa shape index (κ2) is 8.63. The van der Waals surface area contributed by atoms with Crippen molar-refractivity contribution in [2.45, 2.75) is 32.1 Å². The number of hydrogen-bond donors (Lipinski definition) is 3. The number of hydrogen-bond acceptors (Lipinski definition) is 6. The average Bonchev–Trinajstić information content (AvgIpc) is 3.08. The van der Waals surface area contributed by atoms with Crippen LogP contribution >= 0.6 is 11.3 Å². The second-order valence-electron chi connectivity index (χ2n) is 6.33. The minimum absolute atomic E-state index is 0.0214. The zero-order valence-electron chi connectivity index (χ0n) is 15.2. The number of anilines is 2. The molecule has 2 amide bonds. The van der Waals surface area contributed by atoms with E-state index in [1.165, 1.54) is 18.4 Å². The Morgan fingerprint density at radius 1 is 1.26 bits per heavy atom. The largest absolute Gasteiger partial charge is 0.481 e. The van der Waals surface area contributed by atoms with Gasteiger partial charge in [-0.05, 0) is 38.0 Å². The van der Waals surface area contributed by atoms with E-state index in [0.717, 1.165) is 5.56 Å². The Morgan fingerprint density at radius 3 is 2.67 bits per heavy atom. The number of thiazole rings is 1. The molecule has 0 aliphatic rings. The van der Waals surface area contributed by atoms with E-state index in [4.69, 9.17) is 9.84 Å². The molecule has 1 aromatic carbocycles. The number of carbonyl (C=O) groups is 3. The summed E-state index contributed by atoms with van der Waals surface area (Å²) in [6.07, 6.45) is 0.401. The van der Waals surface area contributed by atoms with Crippen LogP contribution in [-0.2, 0) is 26.2 Å². The van der Waals surface area contributed by atoms with E-state index in [0.29, 0.717) is 22.9 Å². The predicted molar refractivity (Wildman–Crippen MR) is 102 cm³/mol. The molecular formula is C18H21N3O5S. The highest BCUT2D eigenvalue weighted by Gasteiger charge is 2.33. The molecule has 0 bridgehead atoms. The summed E-state index contributed by atoms with van der Waals surface area (Å²) in [5, 5.41) is 16.1. The lowest BCUT2D eigenvalue weighted by atomic mass is 9.90. The summed E-state index contributed by atoms with van der Waals surface area (Å²) in [4.78, 5) is 38.9. The third-order valence-electron chi connectivity index (χ3n) is 3.87. The molecule has 0 atom stereocenters. The van der Waals surface area contributed by atoms with Gasteiger partial charge in [0.05, 0.1) is 12.8 Å². The number of benzene rings is 1. The highest BCUT2D eigenvalue weighted by Crippen LogP contribution is 2.28. The van der Waals surface area contributed by atoms with Gasteiger partial charge < -0.3 is 15.2 Å². The summed E-state index contributed by atoms with van der Waals surface area (Å²) in [6.45, 7) is 3.39. The van der Waals surface area contributed by atoms with Crippen molar-refractivity contribution in [2.24, 2.45) is 0 Å². The first-order valence-corrected chi connectivity index (χ1v) is 9.03. The van der Waals surface area contributed by atoms with Crippen LogP contribution in [0.1, 0.15) is 31.5 Å². The fourth-order valence-electron chi connectivity index (χ4n) is 2.29. The summed E-state index contributed by atoms with van der Waals surface area (Å²) >= 11 is 1.20. The number of nitrogens with one attached hydrogen (secondary N) is 2. The lowest BCUT2D eigenvalue weighted by molar-refractivity contribution is -0.146. The minimum atomic E-state index is -0.917. The van der Waals surface area contributed by atoms with Gasteiger partial charge in [0, 0.05) is 17.5 Å². The van der Waals surface area contributed by atoms with Crippen molar-refractivity contribution in [1.82, 2.24) is 4.98 Å². The number of esters is 1. The Balaban J connectivity index is 1.99. The molecule has 2 aromatic rings. The molecule has 0 unspecified atom stereocenters. The maximum atomic E-state index is 12.2. The SMILES string of the molecule is COC(=O)C(C)(C)c1csc(NC(=O)Nc2cccc(CCC(=O)O)c2)n1. The number of aryl methyl sites for hydroxylation is 1. The van der Waals surface area contributed by atoms with Gasteiger partial charge in [-0.15, -0.1) is 11.3 Å². The van der Waals surface area contributed by atoms with Gasteiger partial charge in [-0.1, -0.05) is 12.1 Å². The van der Waals surface area contributed by atoms with E-state index in [1.807, 2.05) is 0 Å². The molecule has 8 nitrogen and oxygen atoms in total. The molecule has 144 valence electrons. The number of aliphatic carboxylic acids is 1. The molecule has 0 radical (unpaired) electrons. The van der Waals surface area contributed by atoms with Crippen LogP contribution in [-0.4, -0.2) is 35.2 Å². The number of carboxylic acids is 1. The highest BCUT2D eigenvalue weighted by molar-refractivity contribution is 7.14. The number of aromatic nitrogens is 1. The van der Waals surface area contributed by atoms with Crippen molar-refractivity contribution in [3.8, 4) is 0 Å². The van der Waals surface area contributed by atoms with E-state index in [2.05, 4.69) is 15.6 Å². The molecule has 0 aliphatic heterocycles. The Labute approximate surface area is 160 Å². The molecule has 0 fully saturated rings. The topological polar surface area (TPSA) is 118 Å². The van der Waals surface area contributed by atoms with Crippen molar-refractivity contribution in [3.63, 3.8) is 0 Å². The molecule has 0 saturated heterocycles. The molecule has 3 N–H and O–H groups in total. The third-order valence-corrected chi connectivity index (χ3v) is 4.63. The molecule has 2 rings (SSSR count). The first kappa shape index (κ1) is 20.4. The van der Waals surface area contributed by atoms with E-state index in [-0.39, 0.29) is 6.42 Å². The van der Waals surface area contributed by atoms with E-state index in [9.17, 15) is 14.4 Å². The minimum Gasteiger partial charge on any atom is -0.481 e. The van der Waals surface area contributed by atoms with Gasteiger partial charge in [0.1, 0.15) is 5.41 Å². The van der Waals surface area contributed by atoms with Gasteiger partial charge in [-0.2, -0.15) is 0 Å². The fraction of sp³-hybridized carbons (Fsp3) is 0.333. The van der Waals surface area contributed by atoms with Gasteiger partial charge in [-0.25, -0.2) is 9.78 Å². The Hall–Kier alpha value is -2.94. The molecule has 1 heterocycles. The number of rotatable bonds is 7. The van der Waals surface area contributed by atoms with Crippen LogP contribution < -0.4 is 10.6 Å². The summed E-state index contributed by atoms with van der Waals surface area (Å²) in [6, 6.07) is 6.48. The van der Waals surface area contributed by atoms with Gasteiger partial charge in [0.15, 0.2) is 5.13 Å². The van der Waals surface area contributed by atoms with Gasteiger partial charge in [0.2, 0.25) is 0 Å². The fourth-order valence-corrected chi connectivity index (χ4v) is 3.17. The number of nitrogens with zero attached hydrogens (tertiary/aromatic N) is 1. The van der Waals surface area contributed by atoms with Crippen LogP contribution in [0.5, 0.6) is 0 Å². The zero-order chi connectivity index (χ0) is 20.0. The van der Waals surface area contributed by atoms with Crippen molar-refractivity contribution in [1.29, 1.82) is 0 Å². The molecule has 0 spiro atoms. The standard InChI is InChI=1S/C18H21N3O5S/c1-18(2,15(24)26-3)13-10-27-17(20-13)21-16(25)19-12-6-4-5-11(9-12)7-8-14(22)23/h4-6,9-10H,7-8H2,1-3H3,(H,22,23)(H2,19,20,21,25). The Kier molecular flexibility index (Phi) is 6.51. The molecule has 9 heteroatoms. The normalized spacial score (nSPS) is 10.9. The smallest absolute Gasteiger partial charge is 0.325 e. The van der Waals surface area contributed by atoms with Gasteiger partial charge in [0.25, 0.3) is 0 Å². The number of ether oxygens (including phenoxy) is 1. The molecule has 27 heavy (non-hydrogen) atoms. The van der Waals surface area contributed by atoms with Crippen LogP contribution in [0.4, 0.5) is 15.6 Å². The number of methoxy groups -OCH3 is 1. The van der Waals surface area contributed by atoms with Crippen LogP contribution in [0.3, 0.4) is 0 Å². The maximum absolute atomic E-state index is 12.2. The van der Waals surface area contributed by atoms with E-state index < -0.39 is 23.4 Å². The number of urea groups is 1. The highest BCUT2D eigenvalue weighted by atomic mass is 32.1. The van der Waals surface area contributed by atoms with E-state index >= 15 is 0 Å². The summed E-state index contributed by atoms with van der Waals surface area (Å²) in [5.41, 5.74) is 0.944. The van der Waals surface area contributed by atoms with Crippen LogP contribution in [0.2, 0.25) is 0 Å². The summed E-state index contributed by atoms with van der Waals surface area (Å²) < 4.78 is 4.77. The van der Waals surface area contributed by atoms with Crippen LogP contribution in [0, 0.1) is 0 Å². The lowest BCUT2D eigenvalue weighted by Gasteiger charge is -2.18. The predicted octanol–water partition coefficient (Wildman–Crippen LogP) is 3.25. The number of amides is 2. The molecule has 1 aromatic heterocycles. The third kappa shape index (κ3) is 5.52. The molecule has 0 aliphatic carbocycles. The first-order chi connectivity index (χ1) is 12.7.